The zero-order valence-corrected chi connectivity index (χ0v) is 14.1. The van der Waals surface area contributed by atoms with Crippen LogP contribution in [0.2, 0.25) is 0 Å². The number of sulfonamides is 1. The first-order valence-corrected chi connectivity index (χ1v) is 8.72. The lowest BCUT2D eigenvalue weighted by atomic mass is 10.2. The summed E-state index contributed by atoms with van der Waals surface area (Å²) in [6.07, 6.45) is 2.65. The minimum absolute atomic E-state index is 0.178. The predicted molar refractivity (Wildman–Crippen MR) is 89.7 cm³/mol. The highest BCUT2D eigenvalue weighted by Crippen LogP contribution is 2.18. The van der Waals surface area contributed by atoms with Gasteiger partial charge >= 0.3 is 0 Å². The van der Waals surface area contributed by atoms with Crippen molar-refractivity contribution in [1.29, 1.82) is 0 Å². The zero-order valence-electron chi connectivity index (χ0n) is 13.2. The van der Waals surface area contributed by atoms with Gasteiger partial charge in [-0.15, -0.1) is 6.58 Å². The highest BCUT2D eigenvalue weighted by atomic mass is 32.2. The topological polar surface area (TPSA) is 69.7 Å². The van der Waals surface area contributed by atoms with Gasteiger partial charge in [0, 0.05) is 18.7 Å². The van der Waals surface area contributed by atoms with Crippen LogP contribution < -0.4 is 9.62 Å². The minimum atomic E-state index is -3.38. The lowest BCUT2D eigenvalue weighted by Gasteiger charge is -2.20. The summed E-state index contributed by atoms with van der Waals surface area (Å²) in [5.41, 5.74) is 1.00. The number of likely N-dealkylation sites (N-methyl/N-ethyl adjacent to an activating group) is 1. The van der Waals surface area contributed by atoms with Crippen molar-refractivity contribution in [2.45, 2.75) is 0 Å². The smallest absolute Gasteiger partial charge is 0.251 e. The van der Waals surface area contributed by atoms with E-state index < -0.39 is 10.0 Å². The summed E-state index contributed by atoms with van der Waals surface area (Å²) < 4.78 is 24.7. The van der Waals surface area contributed by atoms with E-state index in [-0.39, 0.29) is 12.5 Å². The van der Waals surface area contributed by atoms with Crippen LogP contribution >= 0.6 is 0 Å². The second-order valence-corrected chi connectivity index (χ2v) is 7.10. The summed E-state index contributed by atoms with van der Waals surface area (Å²) in [7, 11) is 0.481. The fourth-order valence-corrected chi connectivity index (χ4v) is 2.70. The average Bonchev–Trinajstić information content (AvgIpc) is 2.43. The molecule has 22 heavy (non-hydrogen) atoms. The molecule has 0 radical (unpaired) electrons. The second-order valence-electron chi connectivity index (χ2n) is 5.19. The Kier molecular flexibility index (Phi) is 6.58. The molecule has 0 saturated carbocycles. The number of benzene rings is 1. The Morgan fingerprint density at radius 1 is 1.27 bits per heavy atom. The molecule has 1 aromatic rings. The van der Waals surface area contributed by atoms with Crippen LogP contribution in [0, 0.1) is 0 Å². The standard InChI is InChI=1S/C15H23N3O3S/c1-5-11-18(22(4,20)21)14-8-6-13(7-9-14)15(19)16-10-12-17(2)3/h5-9H,1,10-12H2,2-4H3,(H,16,19). The Hall–Kier alpha value is -1.86. The van der Waals surface area contributed by atoms with Gasteiger partial charge in [-0.25, -0.2) is 8.42 Å². The van der Waals surface area contributed by atoms with Gasteiger partial charge < -0.3 is 10.2 Å². The molecule has 1 N–H and O–H groups in total. The van der Waals surface area contributed by atoms with Crippen LogP contribution in [0.5, 0.6) is 0 Å². The van der Waals surface area contributed by atoms with Crippen molar-refractivity contribution in [3.05, 3.63) is 42.5 Å². The van der Waals surface area contributed by atoms with E-state index in [0.717, 1.165) is 12.8 Å². The number of hydrogen-bond donors (Lipinski definition) is 1. The van der Waals surface area contributed by atoms with Gasteiger partial charge in [0.05, 0.1) is 18.5 Å². The van der Waals surface area contributed by atoms with E-state index in [1.54, 1.807) is 24.3 Å². The molecule has 0 heterocycles. The molecule has 1 amide bonds. The first-order valence-electron chi connectivity index (χ1n) is 6.87. The van der Waals surface area contributed by atoms with Crippen LogP contribution in [-0.2, 0) is 10.0 Å². The number of anilines is 1. The molecule has 0 saturated heterocycles. The van der Waals surface area contributed by atoms with Crippen molar-refractivity contribution in [2.75, 3.05) is 44.3 Å². The summed E-state index contributed by atoms with van der Waals surface area (Å²) in [5.74, 6) is -0.178. The zero-order chi connectivity index (χ0) is 16.8. The molecule has 0 aliphatic rings. The van der Waals surface area contributed by atoms with Crippen molar-refractivity contribution in [1.82, 2.24) is 10.2 Å². The Balaban J connectivity index is 2.81. The van der Waals surface area contributed by atoms with Crippen LogP contribution in [0.15, 0.2) is 36.9 Å². The molecule has 0 aliphatic heterocycles. The highest BCUT2D eigenvalue weighted by Gasteiger charge is 2.16. The molecular formula is C15H23N3O3S. The Labute approximate surface area is 132 Å². The molecule has 1 aromatic carbocycles. The summed E-state index contributed by atoms with van der Waals surface area (Å²) in [6.45, 7) is 5.06. The number of rotatable bonds is 8. The van der Waals surface area contributed by atoms with Crippen molar-refractivity contribution in [3.63, 3.8) is 0 Å². The average molecular weight is 325 g/mol. The Bertz CT molecular complexity index is 609. The molecule has 122 valence electrons. The van der Waals surface area contributed by atoms with E-state index in [1.807, 2.05) is 19.0 Å². The number of nitrogens with zero attached hydrogens (tertiary/aromatic N) is 2. The van der Waals surface area contributed by atoms with Gasteiger partial charge in [-0.05, 0) is 38.4 Å². The molecule has 0 aliphatic carbocycles. The first kappa shape index (κ1) is 18.2. The van der Waals surface area contributed by atoms with Gasteiger partial charge in [0.1, 0.15) is 0 Å². The maximum atomic E-state index is 12.0. The molecule has 0 fully saturated rings. The van der Waals surface area contributed by atoms with Gasteiger partial charge in [-0.1, -0.05) is 6.08 Å². The van der Waals surface area contributed by atoms with E-state index >= 15 is 0 Å². The summed E-state index contributed by atoms with van der Waals surface area (Å²) in [5, 5.41) is 2.81. The molecule has 7 heteroatoms. The first-order chi connectivity index (χ1) is 10.3. The molecule has 0 bridgehead atoms. The molecule has 1 rings (SSSR count). The summed E-state index contributed by atoms with van der Waals surface area (Å²) >= 11 is 0. The van der Waals surface area contributed by atoms with Crippen molar-refractivity contribution in [3.8, 4) is 0 Å². The lowest BCUT2D eigenvalue weighted by Crippen LogP contribution is -2.31. The maximum Gasteiger partial charge on any atom is 0.251 e. The van der Waals surface area contributed by atoms with E-state index in [0.29, 0.717) is 17.8 Å². The number of hydrogen-bond acceptors (Lipinski definition) is 4. The third-order valence-corrected chi connectivity index (χ3v) is 4.12. The minimum Gasteiger partial charge on any atom is -0.351 e. The van der Waals surface area contributed by atoms with Gasteiger partial charge in [0.2, 0.25) is 10.0 Å². The quantitative estimate of drug-likeness (QED) is 0.722. The van der Waals surface area contributed by atoms with E-state index in [2.05, 4.69) is 11.9 Å². The fraction of sp³-hybridized carbons (Fsp3) is 0.400. The third kappa shape index (κ3) is 5.50. The van der Waals surface area contributed by atoms with Crippen molar-refractivity contribution in [2.24, 2.45) is 0 Å². The molecule has 6 nitrogen and oxygen atoms in total. The van der Waals surface area contributed by atoms with Crippen molar-refractivity contribution >= 4 is 21.6 Å². The van der Waals surface area contributed by atoms with E-state index in [4.69, 9.17) is 0 Å². The van der Waals surface area contributed by atoms with Crippen LogP contribution in [0.4, 0.5) is 5.69 Å². The number of carbonyl (C=O) groups is 1. The van der Waals surface area contributed by atoms with Crippen LogP contribution in [-0.4, -0.2) is 59.2 Å². The number of nitrogens with one attached hydrogen (secondary N) is 1. The molecule has 0 aromatic heterocycles. The third-order valence-electron chi connectivity index (χ3n) is 2.96. The lowest BCUT2D eigenvalue weighted by molar-refractivity contribution is 0.0951. The van der Waals surface area contributed by atoms with E-state index in [9.17, 15) is 13.2 Å². The van der Waals surface area contributed by atoms with Gasteiger partial charge in [0.25, 0.3) is 5.91 Å². The van der Waals surface area contributed by atoms with Crippen LogP contribution in [0.3, 0.4) is 0 Å². The normalized spacial score (nSPS) is 11.3. The number of carbonyl (C=O) groups excluding carboxylic acids is 1. The molecule has 0 unspecified atom stereocenters. The van der Waals surface area contributed by atoms with Gasteiger partial charge in [-0.2, -0.15) is 0 Å². The predicted octanol–water partition coefficient (Wildman–Crippen LogP) is 0.930. The Morgan fingerprint density at radius 2 is 1.86 bits per heavy atom. The Morgan fingerprint density at radius 3 is 2.32 bits per heavy atom. The van der Waals surface area contributed by atoms with Gasteiger partial charge in [-0.3, -0.25) is 9.10 Å². The summed E-state index contributed by atoms with van der Waals surface area (Å²) in [4.78, 5) is 13.9. The monoisotopic (exact) mass is 325 g/mol. The van der Waals surface area contributed by atoms with Gasteiger partial charge in [0.15, 0.2) is 0 Å². The second kappa shape index (κ2) is 7.95. The molecular weight excluding hydrogens is 302 g/mol. The maximum absolute atomic E-state index is 12.0. The number of amides is 1. The molecule has 0 atom stereocenters. The van der Waals surface area contributed by atoms with E-state index in [1.165, 1.54) is 10.4 Å². The van der Waals surface area contributed by atoms with Crippen LogP contribution in [0.1, 0.15) is 10.4 Å². The van der Waals surface area contributed by atoms with Crippen molar-refractivity contribution < 1.29 is 13.2 Å². The van der Waals surface area contributed by atoms with Crippen LogP contribution in [0.25, 0.3) is 0 Å². The highest BCUT2D eigenvalue weighted by molar-refractivity contribution is 7.92. The molecule has 0 spiro atoms. The SMILES string of the molecule is C=CCN(c1ccc(C(=O)NCCN(C)C)cc1)S(C)(=O)=O. The largest absolute Gasteiger partial charge is 0.351 e. The fourth-order valence-electron chi connectivity index (χ4n) is 1.82. The summed E-state index contributed by atoms with van der Waals surface area (Å²) in [6, 6.07) is 6.46.